The molecular formula is C14H7BrClFN2O. The lowest BCUT2D eigenvalue weighted by Gasteiger charge is -2.07. The van der Waals surface area contributed by atoms with Crippen molar-refractivity contribution in [2.45, 2.75) is 0 Å². The van der Waals surface area contributed by atoms with Crippen molar-refractivity contribution in [2.24, 2.45) is 0 Å². The van der Waals surface area contributed by atoms with Crippen molar-refractivity contribution >= 4 is 39.1 Å². The molecular weight excluding hydrogens is 347 g/mol. The Morgan fingerprint density at radius 1 is 1.30 bits per heavy atom. The van der Waals surface area contributed by atoms with Crippen LogP contribution in [-0.4, -0.2) is 5.91 Å². The highest BCUT2D eigenvalue weighted by Crippen LogP contribution is 2.21. The fraction of sp³-hybridized carbons (Fsp3) is 0. The van der Waals surface area contributed by atoms with Crippen LogP contribution >= 0.6 is 27.5 Å². The zero-order chi connectivity index (χ0) is 14.7. The number of hydrogen-bond acceptors (Lipinski definition) is 2. The molecule has 0 atom stereocenters. The van der Waals surface area contributed by atoms with Crippen LogP contribution in [0.4, 0.5) is 10.1 Å². The third-order valence-electron chi connectivity index (χ3n) is 2.53. The predicted octanol–water partition coefficient (Wildman–Crippen LogP) is 4.37. The van der Waals surface area contributed by atoms with E-state index in [2.05, 4.69) is 21.2 Å². The molecule has 0 aliphatic heterocycles. The van der Waals surface area contributed by atoms with E-state index in [0.717, 1.165) is 0 Å². The maximum absolute atomic E-state index is 13.1. The highest BCUT2D eigenvalue weighted by molar-refractivity contribution is 9.10. The number of carbonyl (C=O) groups is 1. The van der Waals surface area contributed by atoms with E-state index < -0.39 is 11.7 Å². The summed E-state index contributed by atoms with van der Waals surface area (Å²) < 4.78 is 13.3. The second kappa shape index (κ2) is 6.04. The van der Waals surface area contributed by atoms with Crippen molar-refractivity contribution in [2.75, 3.05) is 5.32 Å². The Balaban J connectivity index is 2.23. The Kier molecular flexibility index (Phi) is 4.38. The second-order valence-electron chi connectivity index (χ2n) is 3.89. The minimum absolute atomic E-state index is 0.207. The van der Waals surface area contributed by atoms with E-state index in [0.29, 0.717) is 16.3 Å². The molecule has 6 heteroatoms. The molecule has 100 valence electrons. The molecule has 2 aromatic carbocycles. The van der Waals surface area contributed by atoms with Crippen LogP contribution < -0.4 is 5.32 Å². The summed E-state index contributed by atoms with van der Waals surface area (Å²) >= 11 is 8.82. The third-order valence-corrected chi connectivity index (χ3v) is 3.46. The van der Waals surface area contributed by atoms with Gasteiger partial charge in [-0.1, -0.05) is 11.6 Å². The van der Waals surface area contributed by atoms with Crippen molar-refractivity contribution in [3.8, 4) is 6.07 Å². The number of halogens is 3. The van der Waals surface area contributed by atoms with Gasteiger partial charge in [0.2, 0.25) is 0 Å². The molecule has 1 N–H and O–H groups in total. The van der Waals surface area contributed by atoms with E-state index in [-0.39, 0.29) is 10.0 Å². The average Bonchev–Trinajstić information content (AvgIpc) is 2.43. The van der Waals surface area contributed by atoms with Crippen LogP contribution in [-0.2, 0) is 0 Å². The number of nitrogens with one attached hydrogen (secondary N) is 1. The van der Waals surface area contributed by atoms with Crippen LogP contribution in [0.2, 0.25) is 5.02 Å². The largest absolute Gasteiger partial charge is 0.322 e. The molecule has 0 saturated heterocycles. The number of anilines is 1. The molecule has 0 unspecified atom stereocenters. The van der Waals surface area contributed by atoms with Gasteiger partial charge < -0.3 is 5.32 Å². The first-order chi connectivity index (χ1) is 9.51. The molecule has 0 spiro atoms. The van der Waals surface area contributed by atoms with Gasteiger partial charge in [-0.25, -0.2) is 4.39 Å². The number of carbonyl (C=O) groups excluding carboxylic acids is 1. The number of amides is 1. The van der Waals surface area contributed by atoms with E-state index in [1.165, 1.54) is 30.3 Å². The molecule has 0 aliphatic carbocycles. The minimum atomic E-state index is -0.445. The van der Waals surface area contributed by atoms with Crippen molar-refractivity contribution in [1.82, 2.24) is 0 Å². The maximum Gasteiger partial charge on any atom is 0.255 e. The molecule has 20 heavy (non-hydrogen) atoms. The fourth-order valence-electron chi connectivity index (χ4n) is 1.53. The highest BCUT2D eigenvalue weighted by atomic mass is 79.9. The molecule has 0 fully saturated rings. The number of rotatable bonds is 2. The maximum atomic E-state index is 13.1. The summed E-state index contributed by atoms with van der Waals surface area (Å²) in [4.78, 5) is 12.0. The molecule has 0 heterocycles. The van der Waals surface area contributed by atoms with Gasteiger partial charge in [0.05, 0.1) is 15.1 Å². The van der Waals surface area contributed by atoms with E-state index in [9.17, 15) is 9.18 Å². The van der Waals surface area contributed by atoms with Crippen molar-refractivity contribution in [3.05, 3.63) is 62.8 Å². The third kappa shape index (κ3) is 3.16. The number of hydrogen-bond donors (Lipinski definition) is 1. The van der Waals surface area contributed by atoms with Gasteiger partial charge in [0.1, 0.15) is 11.9 Å². The molecule has 1 amide bonds. The van der Waals surface area contributed by atoms with E-state index in [4.69, 9.17) is 16.9 Å². The van der Waals surface area contributed by atoms with Crippen molar-refractivity contribution in [3.63, 3.8) is 0 Å². The highest BCUT2D eigenvalue weighted by Gasteiger charge is 2.10. The van der Waals surface area contributed by atoms with E-state index >= 15 is 0 Å². The smallest absolute Gasteiger partial charge is 0.255 e. The first-order valence-corrected chi connectivity index (χ1v) is 6.64. The minimum Gasteiger partial charge on any atom is -0.322 e. The van der Waals surface area contributed by atoms with Gasteiger partial charge in [-0.05, 0) is 52.3 Å². The molecule has 0 aromatic heterocycles. The first kappa shape index (κ1) is 14.5. The predicted molar refractivity (Wildman–Crippen MR) is 78.2 cm³/mol. The topological polar surface area (TPSA) is 52.9 Å². The molecule has 0 bridgehead atoms. The van der Waals surface area contributed by atoms with Gasteiger partial charge in [-0.2, -0.15) is 5.26 Å². The number of nitrogens with zero attached hydrogens (tertiary/aromatic N) is 1. The van der Waals surface area contributed by atoms with E-state index in [1.54, 1.807) is 6.07 Å². The zero-order valence-corrected chi connectivity index (χ0v) is 12.3. The van der Waals surface area contributed by atoms with Crippen LogP contribution in [0.3, 0.4) is 0 Å². The Morgan fingerprint density at radius 3 is 2.70 bits per heavy atom. The summed E-state index contributed by atoms with van der Waals surface area (Å²) in [5.74, 6) is -0.850. The summed E-state index contributed by atoms with van der Waals surface area (Å²) in [5.41, 5.74) is 1.01. The number of nitriles is 1. The standard InChI is InChI=1S/C14H7BrClFN2O/c15-11-6-8(1-4-13(11)17)14(20)19-10-2-3-12(16)9(5-10)7-18/h1-6H,(H,19,20). The Bertz CT molecular complexity index is 728. The van der Waals surface area contributed by atoms with Gasteiger partial charge in [0.15, 0.2) is 0 Å². The first-order valence-electron chi connectivity index (χ1n) is 5.47. The van der Waals surface area contributed by atoms with Gasteiger partial charge >= 0.3 is 0 Å². The van der Waals surface area contributed by atoms with E-state index in [1.807, 2.05) is 6.07 Å². The normalized spacial score (nSPS) is 9.90. The lowest BCUT2D eigenvalue weighted by molar-refractivity contribution is 0.102. The lowest BCUT2D eigenvalue weighted by Crippen LogP contribution is -2.12. The van der Waals surface area contributed by atoms with Crippen LogP contribution in [0.5, 0.6) is 0 Å². The van der Waals surface area contributed by atoms with Crippen molar-refractivity contribution in [1.29, 1.82) is 5.26 Å². The van der Waals surface area contributed by atoms with Gasteiger partial charge in [-0.15, -0.1) is 0 Å². The average molecular weight is 354 g/mol. The Morgan fingerprint density at radius 2 is 2.05 bits per heavy atom. The van der Waals surface area contributed by atoms with Crippen LogP contribution in [0.25, 0.3) is 0 Å². The molecule has 0 saturated carbocycles. The fourth-order valence-corrected chi connectivity index (χ4v) is 2.07. The molecule has 2 aromatic rings. The summed E-state index contributed by atoms with van der Waals surface area (Å²) in [6.07, 6.45) is 0. The summed E-state index contributed by atoms with van der Waals surface area (Å²) in [5, 5.41) is 11.8. The Hall–Kier alpha value is -1.90. The molecule has 3 nitrogen and oxygen atoms in total. The van der Waals surface area contributed by atoms with Gasteiger partial charge in [0, 0.05) is 11.3 Å². The SMILES string of the molecule is N#Cc1cc(NC(=O)c2ccc(F)c(Br)c2)ccc1Cl. The lowest BCUT2D eigenvalue weighted by atomic mass is 10.2. The molecule has 0 radical (unpaired) electrons. The molecule has 0 aliphatic rings. The number of benzene rings is 2. The van der Waals surface area contributed by atoms with Crippen molar-refractivity contribution < 1.29 is 9.18 Å². The summed E-state index contributed by atoms with van der Waals surface area (Å²) in [7, 11) is 0. The zero-order valence-electron chi connectivity index (χ0n) is 9.95. The quantitative estimate of drug-likeness (QED) is 0.872. The van der Waals surface area contributed by atoms with Crippen LogP contribution in [0.1, 0.15) is 15.9 Å². The molecule has 2 rings (SSSR count). The van der Waals surface area contributed by atoms with Gasteiger partial charge in [-0.3, -0.25) is 4.79 Å². The van der Waals surface area contributed by atoms with Gasteiger partial charge in [0.25, 0.3) is 5.91 Å². The van der Waals surface area contributed by atoms with Crippen LogP contribution in [0, 0.1) is 17.1 Å². The second-order valence-corrected chi connectivity index (χ2v) is 5.15. The van der Waals surface area contributed by atoms with Crippen LogP contribution in [0.15, 0.2) is 40.9 Å². The summed E-state index contributed by atoms with van der Waals surface area (Å²) in [6.45, 7) is 0. The monoisotopic (exact) mass is 352 g/mol. The summed E-state index contributed by atoms with van der Waals surface area (Å²) in [6, 6.07) is 10.5. The Labute approximate surface area is 128 Å².